The van der Waals surface area contributed by atoms with Crippen LogP contribution in [0.5, 0.6) is 0 Å². The molecule has 3 aliphatic rings. The smallest absolute Gasteiger partial charge is 0.126 e. The maximum Gasteiger partial charge on any atom is 0.126 e. The zero-order chi connectivity index (χ0) is 21.1. The molecule has 0 spiro atoms. The molecule has 1 N–H and O–H groups in total. The summed E-state index contributed by atoms with van der Waals surface area (Å²) in [6.45, 7) is 7.34. The van der Waals surface area contributed by atoms with E-state index in [1.165, 1.54) is 34.4 Å². The molecule has 31 heavy (non-hydrogen) atoms. The molecular weight excluding hydrogens is 468 g/mol. The Balaban J connectivity index is 1.38. The van der Waals surface area contributed by atoms with Crippen molar-refractivity contribution in [2.75, 3.05) is 6.54 Å². The number of imidazole rings is 1. The third kappa shape index (κ3) is 3.55. The van der Waals surface area contributed by atoms with E-state index in [-0.39, 0.29) is 6.04 Å². The van der Waals surface area contributed by atoms with Crippen LogP contribution in [0, 0.1) is 19.0 Å². The van der Waals surface area contributed by atoms with Crippen molar-refractivity contribution in [1.29, 1.82) is 0 Å². The number of aromatic amines is 1. The summed E-state index contributed by atoms with van der Waals surface area (Å²) in [5.41, 5.74) is 5.85. The van der Waals surface area contributed by atoms with Gasteiger partial charge in [0.1, 0.15) is 11.3 Å². The molecule has 3 heterocycles. The SMILES string of the molecule is C=C1CC(c2nc3c(Br)cccc3[nH]2)N(N2[C]=C(c3cccc(C)c3)SC2C2CC2)C1. The first-order valence-electron chi connectivity index (χ1n) is 10.8. The summed E-state index contributed by atoms with van der Waals surface area (Å²) in [5.74, 6) is 1.73. The Morgan fingerprint density at radius 3 is 2.84 bits per heavy atom. The molecule has 3 aromatic rings. The first kappa shape index (κ1) is 19.6. The summed E-state index contributed by atoms with van der Waals surface area (Å²) in [6.07, 6.45) is 7.27. The number of hydrazine groups is 1. The second-order valence-corrected chi connectivity index (χ2v) is 10.8. The Kier molecular flexibility index (Phi) is 4.78. The number of fused-ring (bicyclic) bond motifs is 1. The molecule has 2 atom stereocenters. The van der Waals surface area contributed by atoms with Crippen LogP contribution in [0.2, 0.25) is 0 Å². The molecule has 2 unspecified atom stereocenters. The van der Waals surface area contributed by atoms with Gasteiger partial charge in [0.2, 0.25) is 0 Å². The van der Waals surface area contributed by atoms with Crippen LogP contribution in [0.3, 0.4) is 0 Å². The van der Waals surface area contributed by atoms with E-state index in [4.69, 9.17) is 4.98 Å². The maximum atomic E-state index is 4.97. The topological polar surface area (TPSA) is 35.2 Å². The Labute approximate surface area is 195 Å². The molecule has 2 aliphatic heterocycles. The Morgan fingerprint density at radius 2 is 2.06 bits per heavy atom. The van der Waals surface area contributed by atoms with Crippen LogP contribution in [-0.2, 0) is 0 Å². The van der Waals surface area contributed by atoms with E-state index in [0.717, 1.165) is 40.2 Å². The molecule has 2 aromatic carbocycles. The van der Waals surface area contributed by atoms with E-state index in [1.807, 2.05) is 23.9 Å². The van der Waals surface area contributed by atoms with E-state index in [1.54, 1.807) is 0 Å². The van der Waals surface area contributed by atoms with E-state index < -0.39 is 0 Å². The fourth-order valence-corrected chi connectivity index (χ4v) is 6.44. The number of H-pyrrole nitrogens is 1. The van der Waals surface area contributed by atoms with Gasteiger partial charge in [0.15, 0.2) is 0 Å². The number of para-hydroxylation sites is 1. The number of thioether (sulfide) groups is 1. The summed E-state index contributed by atoms with van der Waals surface area (Å²) in [7, 11) is 0. The standard InChI is InChI=1S/C25H24BrN4S/c1-15-5-3-6-18(11-15)22-14-30(25(31-22)17-9-10-17)29-13-16(2)12-21(29)24-27-20-8-4-7-19(26)23(20)28-24/h3-8,11,17,21,25H,2,9-10,12-13H2,1H3,(H,27,28). The first-order chi connectivity index (χ1) is 15.1. The van der Waals surface area contributed by atoms with Gasteiger partial charge in [0.25, 0.3) is 0 Å². The number of aromatic nitrogens is 2. The van der Waals surface area contributed by atoms with E-state index in [9.17, 15) is 0 Å². The molecule has 2 fully saturated rings. The van der Waals surface area contributed by atoms with Crippen LogP contribution in [0.25, 0.3) is 15.9 Å². The van der Waals surface area contributed by atoms with Crippen LogP contribution in [0.15, 0.2) is 59.1 Å². The quantitative estimate of drug-likeness (QED) is 0.426. The van der Waals surface area contributed by atoms with Crippen LogP contribution in [0.4, 0.5) is 0 Å². The maximum absolute atomic E-state index is 4.97. The van der Waals surface area contributed by atoms with Crippen molar-refractivity contribution in [3.05, 3.63) is 82.2 Å². The number of aryl methyl sites for hydroxylation is 1. The lowest BCUT2D eigenvalue weighted by molar-refractivity contribution is -0.0133. The van der Waals surface area contributed by atoms with Gasteiger partial charge in [-0.25, -0.2) is 9.99 Å². The summed E-state index contributed by atoms with van der Waals surface area (Å²) in [6, 6.07) is 15.1. The average molecular weight is 492 g/mol. The summed E-state index contributed by atoms with van der Waals surface area (Å²) >= 11 is 5.61. The van der Waals surface area contributed by atoms with Crippen LogP contribution < -0.4 is 0 Å². The van der Waals surface area contributed by atoms with Gasteiger partial charge in [-0.1, -0.05) is 59.8 Å². The second kappa shape index (κ2) is 7.54. The highest BCUT2D eigenvalue weighted by Crippen LogP contribution is 2.52. The molecular formula is C25H24BrN4S. The van der Waals surface area contributed by atoms with Crippen molar-refractivity contribution in [2.45, 2.75) is 37.6 Å². The second-order valence-electron chi connectivity index (χ2n) is 8.83. The van der Waals surface area contributed by atoms with E-state index >= 15 is 0 Å². The highest BCUT2D eigenvalue weighted by molar-refractivity contribution is 9.10. The van der Waals surface area contributed by atoms with Crippen molar-refractivity contribution in [3.63, 3.8) is 0 Å². The number of benzene rings is 2. The Bertz CT molecular complexity index is 1210. The summed E-state index contributed by atoms with van der Waals surface area (Å²) in [5, 5.41) is 5.22. The summed E-state index contributed by atoms with van der Waals surface area (Å²) < 4.78 is 1.02. The summed E-state index contributed by atoms with van der Waals surface area (Å²) in [4.78, 5) is 9.78. The lowest BCUT2D eigenvalue weighted by Gasteiger charge is -2.36. The molecule has 0 amide bonds. The molecule has 157 valence electrons. The van der Waals surface area contributed by atoms with Crippen LogP contribution >= 0.6 is 27.7 Å². The van der Waals surface area contributed by atoms with Gasteiger partial charge in [-0.3, -0.25) is 5.01 Å². The third-order valence-corrected chi connectivity index (χ3v) is 8.33. The van der Waals surface area contributed by atoms with Crippen LogP contribution in [0.1, 0.15) is 42.3 Å². The average Bonchev–Trinajstić information content (AvgIpc) is 3.18. The van der Waals surface area contributed by atoms with Crippen molar-refractivity contribution in [2.24, 2.45) is 5.92 Å². The Hall–Kier alpha value is -2.02. The molecule has 6 heteroatoms. The molecule has 6 rings (SSSR count). The molecule has 1 aliphatic carbocycles. The molecule has 4 nitrogen and oxygen atoms in total. The number of rotatable bonds is 4. The van der Waals surface area contributed by atoms with Crippen LogP contribution in [-0.4, -0.2) is 31.9 Å². The van der Waals surface area contributed by atoms with Crippen molar-refractivity contribution in [1.82, 2.24) is 20.0 Å². The molecule has 1 saturated carbocycles. The van der Waals surface area contributed by atoms with E-state index in [2.05, 4.69) is 81.0 Å². The lowest BCUT2D eigenvalue weighted by Crippen LogP contribution is -2.43. The minimum Gasteiger partial charge on any atom is -0.341 e. The fourth-order valence-electron chi connectivity index (χ4n) is 4.59. The number of nitrogens with zero attached hydrogens (tertiary/aromatic N) is 3. The van der Waals surface area contributed by atoms with Gasteiger partial charge in [-0.05, 0) is 65.7 Å². The number of nitrogens with one attached hydrogen (secondary N) is 1. The van der Waals surface area contributed by atoms with Gasteiger partial charge >= 0.3 is 0 Å². The molecule has 1 aromatic heterocycles. The van der Waals surface area contributed by atoms with Gasteiger partial charge in [-0.2, -0.15) is 0 Å². The predicted molar refractivity (Wildman–Crippen MR) is 131 cm³/mol. The molecule has 1 saturated heterocycles. The number of hydrogen-bond donors (Lipinski definition) is 1. The van der Waals surface area contributed by atoms with Gasteiger partial charge in [-0.15, -0.1) is 0 Å². The predicted octanol–water partition coefficient (Wildman–Crippen LogP) is 6.44. The fraction of sp³-hybridized carbons (Fsp3) is 0.320. The highest BCUT2D eigenvalue weighted by Gasteiger charge is 2.45. The molecule has 1 radical (unpaired) electrons. The van der Waals surface area contributed by atoms with E-state index in [0.29, 0.717) is 5.37 Å². The number of halogens is 1. The minimum absolute atomic E-state index is 0.151. The van der Waals surface area contributed by atoms with Gasteiger partial charge < -0.3 is 4.98 Å². The largest absolute Gasteiger partial charge is 0.341 e. The highest BCUT2D eigenvalue weighted by atomic mass is 79.9. The van der Waals surface area contributed by atoms with Crippen molar-refractivity contribution < 1.29 is 0 Å². The zero-order valence-corrected chi connectivity index (χ0v) is 19.8. The monoisotopic (exact) mass is 491 g/mol. The zero-order valence-electron chi connectivity index (χ0n) is 17.4. The van der Waals surface area contributed by atoms with Crippen molar-refractivity contribution >= 4 is 43.6 Å². The molecule has 0 bridgehead atoms. The number of hydrogen-bond acceptors (Lipinski definition) is 4. The minimum atomic E-state index is 0.151. The third-order valence-electron chi connectivity index (χ3n) is 6.30. The van der Waals surface area contributed by atoms with Gasteiger partial charge in [0.05, 0.1) is 23.1 Å². The van der Waals surface area contributed by atoms with Gasteiger partial charge in [0, 0.05) is 15.9 Å². The first-order valence-corrected chi connectivity index (χ1v) is 12.5. The lowest BCUT2D eigenvalue weighted by atomic mass is 10.1. The Morgan fingerprint density at radius 1 is 1.23 bits per heavy atom. The normalized spacial score (nSPS) is 24.4. The van der Waals surface area contributed by atoms with Crippen molar-refractivity contribution in [3.8, 4) is 0 Å².